The van der Waals surface area contributed by atoms with E-state index >= 15 is 0 Å². The van der Waals surface area contributed by atoms with Gasteiger partial charge in [0.2, 0.25) is 22.2 Å². The number of ether oxygens (including phenoxy) is 2. The van der Waals surface area contributed by atoms with E-state index in [-0.39, 0.29) is 61.8 Å². The number of carbonyl (C=O) groups is 1. The molecule has 0 radical (unpaired) electrons. The van der Waals surface area contributed by atoms with Gasteiger partial charge >= 0.3 is 0 Å². The molecule has 0 aliphatic carbocycles. The highest BCUT2D eigenvalue weighted by molar-refractivity contribution is 7.89. The molecule has 1 fully saturated rings. The van der Waals surface area contributed by atoms with Gasteiger partial charge in [-0.25, -0.2) is 17.2 Å². The number of rotatable bonds is 10. The lowest BCUT2D eigenvalue weighted by Gasteiger charge is -2.32. The Hall–Kier alpha value is -3.68. The van der Waals surface area contributed by atoms with Crippen LogP contribution in [0.1, 0.15) is 19.3 Å². The normalized spacial score (nSPS) is 14.9. The second-order valence-electron chi connectivity index (χ2n) is 8.37. The fourth-order valence-electron chi connectivity index (χ4n) is 3.65. The third-order valence-electron chi connectivity index (χ3n) is 5.64. The number of aliphatic imine (C=N–C) groups is 1. The Morgan fingerprint density at radius 1 is 1.23 bits per heavy atom. The number of sulfonamides is 1. The maximum Gasteiger partial charge on any atom is 0.271 e. The van der Waals surface area contributed by atoms with Crippen LogP contribution in [0.2, 0.25) is 0 Å². The number of nitrogens with zero attached hydrogens (tertiary/aromatic N) is 4. The molecule has 1 atom stereocenters. The minimum atomic E-state index is -4.48. The number of hydrogen-bond acceptors (Lipinski definition) is 9. The summed E-state index contributed by atoms with van der Waals surface area (Å²) in [5.41, 5.74) is 5.52. The smallest absolute Gasteiger partial charge is 0.271 e. The fraction of sp³-hybridized carbons (Fsp3) is 0.375. The number of benzene rings is 2. The quantitative estimate of drug-likeness (QED) is 0.0971. The van der Waals surface area contributed by atoms with Crippen LogP contribution in [0.25, 0.3) is 0 Å². The zero-order valence-electron chi connectivity index (χ0n) is 20.8. The molecule has 3 rings (SSSR count). The Bertz CT molecular complexity index is 1310. The molecule has 0 bridgehead atoms. The minimum absolute atomic E-state index is 0.0521. The zero-order chi connectivity index (χ0) is 28.4. The van der Waals surface area contributed by atoms with E-state index in [1.807, 2.05) is 0 Å². The van der Waals surface area contributed by atoms with Crippen LogP contribution in [0.5, 0.6) is 11.5 Å². The first-order valence-corrected chi connectivity index (χ1v) is 13.4. The third-order valence-corrected chi connectivity index (χ3v) is 7.11. The van der Waals surface area contributed by atoms with Gasteiger partial charge in [0.25, 0.3) is 5.91 Å². The number of unbranched alkanes of at least 4 members (excludes halogenated alkanes) is 1. The Morgan fingerprint density at radius 3 is 2.54 bits per heavy atom. The lowest BCUT2D eigenvalue weighted by molar-refractivity contribution is -0.153. The summed E-state index contributed by atoms with van der Waals surface area (Å²) in [5.74, 6) is -3.17. The summed E-state index contributed by atoms with van der Waals surface area (Å²) in [6.45, 7) is 1.29. The maximum absolute atomic E-state index is 14.7. The molecule has 1 aliphatic heterocycles. The Kier molecular flexibility index (Phi) is 10.7. The summed E-state index contributed by atoms with van der Waals surface area (Å²) in [6.07, 6.45) is 2.26. The van der Waals surface area contributed by atoms with Crippen molar-refractivity contribution in [2.24, 2.45) is 10.7 Å². The topological polar surface area (TPSA) is 171 Å². The predicted octanol–water partition coefficient (Wildman–Crippen LogP) is 1.92. The number of hydroxylamine groups is 2. The molecule has 4 N–H and O–H groups in total. The van der Waals surface area contributed by atoms with Gasteiger partial charge in [-0.1, -0.05) is 6.42 Å². The Morgan fingerprint density at radius 2 is 1.92 bits per heavy atom. The maximum atomic E-state index is 14.7. The molecule has 1 heterocycles. The summed E-state index contributed by atoms with van der Waals surface area (Å²) in [4.78, 5) is 17.7. The van der Waals surface area contributed by atoms with Gasteiger partial charge in [-0.2, -0.15) is 15.0 Å². The second-order valence-corrected chi connectivity index (χ2v) is 10.1. The van der Waals surface area contributed by atoms with Gasteiger partial charge in [0.05, 0.1) is 18.1 Å². The molecular weight excluding hydrogens is 538 g/mol. The van der Waals surface area contributed by atoms with Crippen molar-refractivity contribution in [2.45, 2.75) is 30.2 Å². The van der Waals surface area contributed by atoms with Crippen molar-refractivity contribution in [3.63, 3.8) is 0 Å². The number of amides is 1. The first kappa shape index (κ1) is 29.9. The molecule has 210 valence electrons. The van der Waals surface area contributed by atoms with Crippen LogP contribution >= 0.6 is 0 Å². The summed E-state index contributed by atoms with van der Waals surface area (Å²) < 4.78 is 66.8. The van der Waals surface area contributed by atoms with E-state index in [0.29, 0.717) is 18.9 Å². The van der Waals surface area contributed by atoms with Gasteiger partial charge in [0.15, 0.2) is 11.6 Å². The van der Waals surface area contributed by atoms with E-state index in [2.05, 4.69) is 9.71 Å². The fourth-order valence-corrected chi connectivity index (χ4v) is 4.88. The summed E-state index contributed by atoms with van der Waals surface area (Å²) in [7, 11) is -4.48. The number of nitrogens with two attached hydrogens (primary N) is 1. The van der Waals surface area contributed by atoms with E-state index in [0.717, 1.165) is 24.3 Å². The first-order chi connectivity index (χ1) is 18.7. The van der Waals surface area contributed by atoms with Gasteiger partial charge in [-0.15, -0.1) is 4.99 Å². The number of nitriles is 1. The van der Waals surface area contributed by atoms with Gasteiger partial charge in [-0.05, 0) is 61.9 Å². The molecule has 0 unspecified atom stereocenters. The van der Waals surface area contributed by atoms with Crippen LogP contribution in [0.4, 0.5) is 8.78 Å². The number of nitrogens with one attached hydrogen (secondary N) is 1. The average Bonchev–Trinajstić information content (AvgIpc) is 2.93. The highest BCUT2D eigenvalue weighted by atomic mass is 32.2. The van der Waals surface area contributed by atoms with E-state index in [4.69, 9.17) is 20.5 Å². The van der Waals surface area contributed by atoms with Gasteiger partial charge in [0, 0.05) is 13.1 Å². The van der Waals surface area contributed by atoms with Crippen LogP contribution < -0.4 is 15.2 Å². The standard InChI is InChI=1S/C24H28F2N6O6S/c25-17-4-6-18(7-5-17)38-22-9-8-19(15-20(22)26)39(35,36)30-21(3-1-2-10-27)23(33)32(34)24(29-16-28)31-11-13-37-14-12-31/h4-9,15,21,30,34H,1-3,10-14,27H2/t21-/m1/s1. The van der Waals surface area contributed by atoms with Gasteiger partial charge < -0.3 is 20.1 Å². The molecule has 12 nitrogen and oxygen atoms in total. The number of halogens is 2. The molecule has 1 saturated heterocycles. The largest absolute Gasteiger partial charge is 0.454 e. The molecule has 1 aliphatic rings. The molecule has 1 amide bonds. The molecule has 2 aromatic carbocycles. The van der Waals surface area contributed by atoms with Crippen LogP contribution in [-0.2, 0) is 19.6 Å². The van der Waals surface area contributed by atoms with Crippen LogP contribution in [0.15, 0.2) is 52.4 Å². The van der Waals surface area contributed by atoms with Crippen molar-refractivity contribution >= 4 is 21.9 Å². The number of hydrogen-bond donors (Lipinski definition) is 3. The SMILES string of the molecule is N#CN=C(N1CCOCC1)N(O)C(=O)[C@@H](CCCCN)NS(=O)(=O)c1ccc(Oc2ccc(F)cc2)c(F)c1. The third kappa shape index (κ3) is 8.15. The van der Waals surface area contributed by atoms with Crippen LogP contribution in [0, 0.1) is 23.1 Å². The Balaban J connectivity index is 1.81. The molecule has 39 heavy (non-hydrogen) atoms. The number of morpholine rings is 1. The molecular formula is C24H28F2N6O6S. The zero-order valence-corrected chi connectivity index (χ0v) is 21.6. The van der Waals surface area contributed by atoms with E-state index in [1.54, 1.807) is 0 Å². The predicted molar refractivity (Wildman–Crippen MR) is 134 cm³/mol. The van der Waals surface area contributed by atoms with Gasteiger partial charge in [-0.3, -0.25) is 10.0 Å². The number of carbonyl (C=O) groups excluding carboxylic acids is 1. The molecule has 0 saturated carbocycles. The number of guanidine groups is 1. The second kappa shape index (κ2) is 13.9. The van der Waals surface area contributed by atoms with Crippen molar-refractivity contribution in [3.8, 4) is 17.7 Å². The van der Waals surface area contributed by atoms with E-state index < -0.39 is 38.5 Å². The highest BCUT2D eigenvalue weighted by Gasteiger charge is 2.33. The minimum Gasteiger partial charge on any atom is -0.454 e. The van der Waals surface area contributed by atoms with Crippen molar-refractivity contribution < 1.29 is 36.7 Å². The van der Waals surface area contributed by atoms with Crippen molar-refractivity contribution in [2.75, 3.05) is 32.8 Å². The van der Waals surface area contributed by atoms with E-state index in [1.165, 1.54) is 23.2 Å². The molecule has 2 aromatic rings. The van der Waals surface area contributed by atoms with Gasteiger partial charge in [0.1, 0.15) is 17.6 Å². The van der Waals surface area contributed by atoms with Crippen molar-refractivity contribution in [3.05, 3.63) is 54.1 Å². The average molecular weight is 567 g/mol. The first-order valence-electron chi connectivity index (χ1n) is 11.9. The van der Waals surface area contributed by atoms with E-state index in [9.17, 15) is 27.2 Å². The van der Waals surface area contributed by atoms with Crippen LogP contribution in [0.3, 0.4) is 0 Å². The monoisotopic (exact) mass is 566 g/mol. The molecule has 15 heteroatoms. The Labute approximate surface area is 224 Å². The summed E-state index contributed by atoms with van der Waals surface area (Å²) >= 11 is 0. The van der Waals surface area contributed by atoms with Crippen molar-refractivity contribution in [1.29, 1.82) is 5.26 Å². The molecule has 0 spiro atoms. The van der Waals surface area contributed by atoms with Crippen molar-refractivity contribution in [1.82, 2.24) is 14.7 Å². The summed E-state index contributed by atoms with van der Waals surface area (Å²) in [6, 6.07) is 6.15. The lowest BCUT2D eigenvalue weighted by atomic mass is 10.1. The van der Waals surface area contributed by atoms with Crippen LogP contribution in [-0.4, -0.2) is 74.3 Å². The molecule has 0 aromatic heterocycles. The lowest BCUT2D eigenvalue weighted by Crippen LogP contribution is -2.55. The highest BCUT2D eigenvalue weighted by Crippen LogP contribution is 2.27. The summed E-state index contributed by atoms with van der Waals surface area (Å²) in [5, 5.41) is 19.8.